The smallest absolute Gasteiger partial charge is 0.255 e. The van der Waals surface area contributed by atoms with Crippen LogP contribution in [-0.2, 0) is 13.6 Å². The van der Waals surface area contributed by atoms with Crippen LogP contribution >= 0.6 is 11.6 Å². The molecule has 1 aromatic heterocycles. The van der Waals surface area contributed by atoms with Crippen molar-refractivity contribution in [3.63, 3.8) is 0 Å². The van der Waals surface area contributed by atoms with Crippen molar-refractivity contribution >= 4 is 17.5 Å². The Labute approximate surface area is 111 Å². The fourth-order valence-corrected chi connectivity index (χ4v) is 1.96. The lowest BCUT2D eigenvalue weighted by Gasteiger charge is -2.16. The summed E-state index contributed by atoms with van der Waals surface area (Å²) in [4.78, 5) is 13.8. The molecule has 0 spiro atoms. The van der Waals surface area contributed by atoms with Crippen molar-refractivity contribution in [3.05, 3.63) is 52.8 Å². The third-order valence-electron chi connectivity index (χ3n) is 2.63. The normalized spacial score (nSPS) is 10.4. The van der Waals surface area contributed by atoms with E-state index in [0.29, 0.717) is 17.1 Å². The van der Waals surface area contributed by atoms with Gasteiger partial charge in [0.1, 0.15) is 0 Å². The topological polar surface area (TPSA) is 38.1 Å². The van der Waals surface area contributed by atoms with Gasteiger partial charge >= 0.3 is 0 Å². The largest absolute Gasteiger partial charge is 0.337 e. The molecule has 2 aromatic rings. The highest BCUT2D eigenvalue weighted by Crippen LogP contribution is 2.17. The highest BCUT2D eigenvalue weighted by molar-refractivity contribution is 6.33. The van der Waals surface area contributed by atoms with Crippen LogP contribution in [0.1, 0.15) is 15.9 Å². The minimum Gasteiger partial charge on any atom is -0.337 e. The molecule has 0 bridgehead atoms. The number of hydrogen-bond acceptors (Lipinski definition) is 2. The molecule has 0 saturated carbocycles. The lowest BCUT2D eigenvalue weighted by Crippen LogP contribution is -2.26. The van der Waals surface area contributed by atoms with E-state index in [1.165, 1.54) is 0 Å². The number of carbonyl (C=O) groups excluding carboxylic acids is 1. The predicted octanol–water partition coefficient (Wildman–Crippen LogP) is 2.35. The highest BCUT2D eigenvalue weighted by atomic mass is 35.5. The van der Waals surface area contributed by atoms with Crippen LogP contribution in [0.4, 0.5) is 0 Å². The van der Waals surface area contributed by atoms with Crippen molar-refractivity contribution in [2.45, 2.75) is 6.54 Å². The molecule has 5 heteroatoms. The van der Waals surface area contributed by atoms with E-state index in [0.717, 1.165) is 5.56 Å². The van der Waals surface area contributed by atoms with Gasteiger partial charge in [0.2, 0.25) is 0 Å². The molecule has 1 amide bonds. The van der Waals surface area contributed by atoms with Gasteiger partial charge < -0.3 is 4.90 Å². The first-order valence-corrected chi connectivity index (χ1v) is 5.93. The number of aryl methyl sites for hydroxylation is 1. The third-order valence-corrected chi connectivity index (χ3v) is 2.96. The van der Waals surface area contributed by atoms with Gasteiger partial charge in [-0.15, -0.1) is 0 Å². The van der Waals surface area contributed by atoms with E-state index in [1.54, 1.807) is 47.1 Å². The van der Waals surface area contributed by atoms with Crippen molar-refractivity contribution in [3.8, 4) is 0 Å². The average molecular weight is 264 g/mol. The molecule has 0 aliphatic carbocycles. The summed E-state index contributed by atoms with van der Waals surface area (Å²) in [5.74, 6) is -0.0931. The maximum atomic E-state index is 12.2. The fourth-order valence-electron chi connectivity index (χ4n) is 1.74. The van der Waals surface area contributed by atoms with Gasteiger partial charge in [-0.25, -0.2) is 0 Å². The Hall–Kier alpha value is -1.81. The lowest BCUT2D eigenvalue weighted by atomic mass is 10.2. The standard InChI is InChI=1S/C13H14ClN3O/c1-16(8-10-7-15-17(2)9-10)13(18)11-5-3-4-6-12(11)14/h3-7,9H,8H2,1-2H3. The maximum Gasteiger partial charge on any atom is 0.255 e. The minimum atomic E-state index is -0.0931. The Morgan fingerprint density at radius 2 is 2.17 bits per heavy atom. The molecule has 0 aliphatic rings. The summed E-state index contributed by atoms with van der Waals surface area (Å²) >= 11 is 6.01. The second kappa shape index (κ2) is 5.23. The summed E-state index contributed by atoms with van der Waals surface area (Å²) in [6.07, 6.45) is 3.63. The zero-order valence-corrected chi connectivity index (χ0v) is 11.1. The maximum absolute atomic E-state index is 12.2. The molecule has 2 rings (SSSR count). The average Bonchev–Trinajstić information content (AvgIpc) is 2.74. The first-order chi connectivity index (χ1) is 8.58. The molecule has 0 aliphatic heterocycles. The van der Waals surface area contributed by atoms with Gasteiger partial charge in [-0.2, -0.15) is 5.10 Å². The number of carbonyl (C=O) groups is 1. The van der Waals surface area contributed by atoms with E-state index in [1.807, 2.05) is 13.2 Å². The Morgan fingerprint density at radius 1 is 1.44 bits per heavy atom. The first-order valence-electron chi connectivity index (χ1n) is 5.55. The molecule has 0 atom stereocenters. The summed E-state index contributed by atoms with van der Waals surface area (Å²) in [6, 6.07) is 7.05. The van der Waals surface area contributed by atoms with Crippen LogP contribution in [-0.4, -0.2) is 27.6 Å². The van der Waals surface area contributed by atoms with Crippen LogP contribution in [0.5, 0.6) is 0 Å². The zero-order chi connectivity index (χ0) is 13.1. The van der Waals surface area contributed by atoms with Gasteiger partial charge in [-0.05, 0) is 12.1 Å². The van der Waals surface area contributed by atoms with Crippen LogP contribution in [0.3, 0.4) is 0 Å². The second-order valence-electron chi connectivity index (χ2n) is 4.16. The van der Waals surface area contributed by atoms with E-state index >= 15 is 0 Å². The second-order valence-corrected chi connectivity index (χ2v) is 4.57. The van der Waals surface area contributed by atoms with Crippen LogP contribution in [0.25, 0.3) is 0 Å². The molecule has 0 radical (unpaired) electrons. The summed E-state index contributed by atoms with van der Waals surface area (Å²) in [7, 11) is 3.60. The van der Waals surface area contributed by atoms with Crippen LogP contribution in [0.2, 0.25) is 5.02 Å². The van der Waals surface area contributed by atoms with Gasteiger partial charge in [0.25, 0.3) is 5.91 Å². The number of amides is 1. The number of rotatable bonds is 3. The Bertz CT molecular complexity index is 565. The van der Waals surface area contributed by atoms with E-state index in [-0.39, 0.29) is 5.91 Å². The third kappa shape index (κ3) is 2.71. The van der Waals surface area contributed by atoms with Gasteiger partial charge in [0.05, 0.1) is 16.8 Å². The summed E-state index contributed by atoms with van der Waals surface area (Å²) in [5.41, 5.74) is 1.51. The number of nitrogens with zero attached hydrogens (tertiary/aromatic N) is 3. The molecule has 94 valence electrons. The van der Waals surface area contributed by atoms with Gasteiger partial charge in [-0.3, -0.25) is 9.48 Å². The molecule has 4 nitrogen and oxygen atoms in total. The Morgan fingerprint density at radius 3 is 2.78 bits per heavy atom. The first kappa shape index (κ1) is 12.6. The number of aromatic nitrogens is 2. The predicted molar refractivity (Wildman–Crippen MR) is 70.5 cm³/mol. The fraction of sp³-hybridized carbons (Fsp3) is 0.231. The summed E-state index contributed by atoms with van der Waals surface area (Å²) in [6.45, 7) is 0.512. The number of benzene rings is 1. The van der Waals surface area contributed by atoms with Crippen molar-refractivity contribution < 1.29 is 4.79 Å². The van der Waals surface area contributed by atoms with E-state index in [2.05, 4.69) is 5.10 Å². The summed E-state index contributed by atoms with van der Waals surface area (Å²) < 4.78 is 1.71. The molecule has 0 unspecified atom stereocenters. The van der Waals surface area contributed by atoms with Crippen LogP contribution in [0, 0.1) is 0 Å². The van der Waals surface area contributed by atoms with Crippen molar-refractivity contribution in [2.75, 3.05) is 7.05 Å². The molecule has 1 aromatic carbocycles. The van der Waals surface area contributed by atoms with E-state index < -0.39 is 0 Å². The summed E-state index contributed by atoms with van der Waals surface area (Å²) in [5, 5.41) is 4.54. The van der Waals surface area contributed by atoms with E-state index in [4.69, 9.17) is 11.6 Å². The van der Waals surface area contributed by atoms with Crippen molar-refractivity contribution in [2.24, 2.45) is 7.05 Å². The lowest BCUT2D eigenvalue weighted by molar-refractivity contribution is 0.0785. The van der Waals surface area contributed by atoms with Crippen molar-refractivity contribution in [1.82, 2.24) is 14.7 Å². The number of halogens is 1. The molecule has 0 N–H and O–H groups in total. The molecule has 1 heterocycles. The Balaban J connectivity index is 2.12. The van der Waals surface area contributed by atoms with Crippen molar-refractivity contribution in [1.29, 1.82) is 0 Å². The van der Waals surface area contributed by atoms with Crippen LogP contribution in [0.15, 0.2) is 36.7 Å². The van der Waals surface area contributed by atoms with Gasteiger partial charge in [-0.1, -0.05) is 23.7 Å². The molecule has 0 saturated heterocycles. The van der Waals surface area contributed by atoms with Crippen LogP contribution < -0.4 is 0 Å². The molecular formula is C13H14ClN3O. The minimum absolute atomic E-state index is 0.0931. The molecule has 18 heavy (non-hydrogen) atoms. The highest BCUT2D eigenvalue weighted by Gasteiger charge is 2.15. The SMILES string of the molecule is CN(Cc1cnn(C)c1)C(=O)c1ccccc1Cl. The number of hydrogen-bond donors (Lipinski definition) is 0. The van der Waals surface area contributed by atoms with E-state index in [9.17, 15) is 4.79 Å². The zero-order valence-electron chi connectivity index (χ0n) is 10.3. The van der Waals surface area contributed by atoms with Gasteiger partial charge in [0, 0.05) is 32.4 Å². The Kier molecular flexibility index (Phi) is 3.67. The van der Waals surface area contributed by atoms with Gasteiger partial charge in [0.15, 0.2) is 0 Å². The molecular weight excluding hydrogens is 250 g/mol. The molecule has 0 fully saturated rings. The quantitative estimate of drug-likeness (QED) is 0.853. The monoisotopic (exact) mass is 263 g/mol.